The number of para-hydroxylation sites is 3. The number of amides is 3. The first-order valence-corrected chi connectivity index (χ1v) is 9.03. The van der Waals surface area contributed by atoms with Gasteiger partial charge in [-0.05, 0) is 36.4 Å². The van der Waals surface area contributed by atoms with Crippen molar-refractivity contribution in [1.29, 1.82) is 0 Å². The van der Waals surface area contributed by atoms with Crippen LogP contribution in [0.3, 0.4) is 0 Å². The summed E-state index contributed by atoms with van der Waals surface area (Å²) in [6.45, 7) is 0.0911. The van der Waals surface area contributed by atoms with Crippen LogP contribution < -0.4 is 20.7 Å². The maximum absolute atomic E-state index is 14.2. The van der Waals surface area contributed by atoms with E-state index in [4.69, 9.17) is 4.74 Å². The Hall–Kier alpha value is -3.87. The predicted octanol–water partition coefficient (Wildman–Crippen LogP) is 4.77. The Bertz CT molecular complexity index is 966. The molecule has 0 bridgehead atoms. The maximum Gasteiger partial charge on any atom is 0.319 e. The Labute approximate surface area is 167 Å². The van der Waals surface area contributed by atoms with Gasteiger partial charge in [0.05, 0.1) is 0 Å². The number of hydrogen-bond donors (Lipinski definition) is 3. The van der Waals surface area contributed by atoms with E-state index in [1.807, 2.05) is 24.3 Å². The second-order valence-electron chi connectivity index (χ2n) is 6.07. The summed E-state index contributed by atoms with van der Waals surface area (Å²) in [6.07, 6.45) is 0.0763. The van der Waals surface area contributed by atoms with E-state index in [1.54, 1.807) is 42.5 Å². The van der Waals surface area contributed by atoms with E-state index in [0.29, 0.717) is 11.4 Å². The van der Waals surface area contributed by atoms with Crippen LogP contribution >= 0.6 is 0 Å². The molecule has 0 spiro atoms. The SMILES string of the molecule is O=C(CCNC(=O)Nc1c(F)cccc1Oc1ccccc1)Nc1ccccc1. The van der Waals surface area contributed by atoms with Crippen LogP contribution in [0.25, 0.3) is 0 Å². The summed E-state index contributed by atoms with van der Waals surface area (Å²) in [5.41, 5.74) is 0.596. The molecular weight excluding hydrogens is 373 g/mol. The molecule has 0 heterocycles. The van der Waals surface area contributed by atoms with E-state index >= 15 is 0 Å². The van der Waals surface area contributed by atoms with Crippen LogP contribution in [-0.2, 0) is 4.79 Å². The third-order valence-corrected chi connectivity index (χ3v) is 3.88. The Kier molecular flexibility index (Phi) is 6.78. The second-order valence-corrected chi connectivity index (χ2v) is 6.07. The largest absolute Gasteiger partial charge is 0.455 e. The molecule has 3 aromatic rings. The van der Waals surface area contributed by atoms with Crippen molar-refractivity contribution in [3.8, 4) is 11.5 Å². The lowest BCUT2D eigenvalue weighted by molar-refractivity contribution is -0.116. The van der Waals surface area contributed by atoms with Gasteiger partial charge in [0.2, 0.25) is 5.91 Å². The molecule has 6 nitrogen and oxygen atoms in total. The molecule has 3 aromatic carbocycles. The lowest BCUT2D eigenvalue weighted by atomic mass is 10.2. The van der Waals surface area contributed by atoms with Crippen molar-refractivity contribution < 1.29 is 18.7 Å². The number of halogens is 1. The van der Waals surface area contributed by atoms with Crippen LogP contribution in [0.1, 0.15) is 6.42 Å². The summed E-state index contributed by atoms with van der Waals surface area (Å²) in [6, 6.07) is 21.5. The second kappa shape index (κ2) is 9.89. The van der Waals surface area contributed by atoms with Gasteiger partial charge in [-0.15, -0.1) is 0 Å². The predicted molar refractivity (Wildman–Crippen MR) is 110 cm³/mol. The Balaban J connectivity index is 1.53. The Morgan fingerprint density at radius 3 is 2.24 bits per heavy atom. The summed E-state index contributed by atoms with van der Waals surface area (Å²) < 4.78 is 19.9. The molecule has 0 saturated carbocycles. The highest BCUT2D eigenvalue weighted by Crippen LogP contribution is 2.31. The van der Waals surface area contributed by atoms with E-state index in [-0.39, 0.29) is 30.3 Å². The van der Waals surface area contributed by atoms with Crippen LogP contribution in [0.2, 0.25) is 0 Å². The maximum atomic E-state index is 14.2. The molecule has 0 aliphatic carbocycles. The van der Waals surface area contributed by atoms with Gasteiger partial charge in [0.1, 0.15) is 11.4 Å². The fourth-order valence-electron chi connectivity index (χ4n) is 2.52. The molecule has 0 aliphatic rings. The van der Waals surface area contributed by atoms with Crippen molar-refractivity contribution in [2.24, 2.45) is 0 Å². The topological polar surface area (TPSA) is 79.5 Å². The van der Waals surface area contributed by atoms with E-state index in [0.717, 1.165) is 0 Å². The summed E-state index contributed by atoms with van der Waals surface area (Å²) in [5, 5.41) is 7.69. The van der Waals surface area contributed by atoms with Gasteiger partial charge >= 0.3 is 6.03 Å². The van der Waals surface area contributed by atoms with Gasteiger partial charge in [0.25, 0.3) is 0 Å². The molecule has 7 heteroatoms. The lowest BCUT2D eigenvalue weighted by Gasteiger charge is -2.13. The number of nitrogens with one attached hydrogen (secondary N) is 3. The van der Waals surface area contributed by atoms with Crippen molar-refractivity contribution in [3.63, 3.8) is 0 Å². The zero-order valence-electron chi connectivity index (χ0n) is 15.5. The molecule has 29 heavy (non-hydrogen) atoms. The number of benzene rings is 3. The van der Waals surface area contributed by atoms with E-state index < -0.39 is 11.8 Å². The zero-order valence-corrected chi connectivity index (χ0v) is 15.5. The molecular formula is C22H20FN3O3. The minimum absolute atomic E-state index is 0.0763. The average molecular weight is 393 g/mol. The quantitative estimate of drug-likeness (QED) is 0.541. The highest BCUT2D eigenvalue weighted by Gasteiger charge is 2.14. The summed E-state index contributed by atoms with van der Waals surface area (Å²) >= 11 is 0. The van der Waals surface area contributed by atoms with Gasteiger partial charge in [-0.2, -0.15) is 0 Å². The first kappa shape index (κ1) is 19.9. The number of rotatable bonds is 7. The van der Waals surface area contributed by atoms with Gasteiger partial charge in [-0.1, -0.05) is 42.5 Å². The minimum atomic E-state index is -0.638. The van der Waals surface area contributed by atoms with E-state index in [2.05, 4.69) is 16.0 Å². The molecule has 3 amide bonds. The molecule has 0 radical (unpaired) electrons. The number of anilines is 2. The number of hydrogen-bond acceptors (Lipinski definition) is 3. The first-order chi connectivity index (χ1) is 14.1. The van der Waals surface area contributed by atoms with Crippen molar-refractivity contribution >= 4 is 23.3 Å². The van der Waals surface area contributed by atoms with Crippen LogP contribution in [0.4, 0.5) is 20.6 Å². The van der Waals surface area contributed by atoms with E-state index in [1.165, 1.54) is 12.1 Å². The van der Waals surface area contributed by atoms with Crippen molar-refractivity contribution in [2.45, 2.75) is 6.42 Å². The van der Waals surface area contributed by atoms with E-state index in [9.17, 15) is 14.0 Å². The summed E-state index contributed by atoms with van der Waals surface area (Å²) in [7, 11) is 0. The van der Waals surface area contributed by atoms with Crippen LogP contribution in [0.15, 0.2) is 78.9 Å². The molecule has 0 aliphatic heterocycles. The standard InChI is InChI=1S/C22H20FN3O3/c23-18-12-7-13-19(29-17-10-5-2-6-11-17)21(18)26-22(28)24-15-14-20(27)25-16-8-3-1-4-9-16/h1-13H,14-15H2,(H,25,27)(H2,24,26,28). The van der Waals surface area contributed by atoms with Gasteiger partial charge < -0.3 is 20.7 Å². The fourth-order valence-corrected chi connectivity index (χ4v) is 2.52. The van der Waals surface area contributed by atoms with Crippen LogP contribution in [0, 0.1) is 5.82 Å². The molecule has 0 atom stereocenters. The normalized spacial score (nSPS) is 10.1. The third-order valence-electron chi connectivity index (χ3n) is 3.88. The van der Waals surface area contributed by atoms with Crippen molar-refractivity contribution in [1.82, 2.24) is 5.32 Å². The van der Waals surface area contributed by atoms with Gasteiger partial charge in [-0.25, -0.2) is 9.18 Å². The van der Waals surface area contributed by atoms with Gasteiger partial charge in [0.15, 0.2) is 11.6 Å². The number of urea groups is 1. The Morgan fingerprint density at radius 1 is 0.828 bits per heavy atom. The van der Waals surface area contributed by atoms with Crippen LogP contribution in [-0.4, -0.2) is 18.5 Å². The monoisotopic (exact) mass is 393 g/mol. The fraction of sp³-hybridized carbons (Fsp3) is 0.0909. The Morgan fingerprint density at radius 2 is 1.52 bits per heavy atom. The number of ether oxygens (including phenoxy) is 1. The molecule has 3 N–H and O–H groups in total. The molecule has 0 aromatic heterocycles. The molecule has 3 rings (SSSR count). The lowest BCUT2D eigenvalue weighted by Crippen LogP contribution is -2.32. The minimum Gasteiger partial charge on any atom is -0.455 e. The highest BCUT2D eigenvalue weighted by atomic mass is 19.1. The van der Waals surface area contributed by atoms with Gasteiger partial charge in [0, 0.05) is 18.7 Å². The summed E-state index contributed by atoms with van der Waals surface area (Å²) in [4.78, 5) is 24.0. The molecule has 0 saturated heterocycles. The smallest absolute Gasteiger partial charge is 0.319 e. The first-order valence-electron chi connectivity index (χ1n) is 9.03. The molecule has 148 valence electrons. The molecule has 0 fully saturated rings. The number of carbonyl (C=O) groups excluding carboxylic acids is 2. The van der Waals surface area contributed by atoms with Crippen molar-refractivity contribution in [3.05, 3.63) is 84.7 Å². The van der Waals surface area contributed by atoms with Gasteiger partial charge in [-0.3, -0.25) is 4.79 Å². The number of carbonyl (C=O) groups is 2. The van der Waals surface area contributed by atoms with Crippen molar-refractivity contribution in [2.75, 3.05) is 17.2 Å². The average Bonchev–Trinajstić information content (AvgIpc) is 2.72. The molecule has 0 unspecified atom stereocenters. The highest BCUT2D eigenvalue weighted by molar-refractivity contribution is 5.93. The van der Waals surface area contributed by atoms with Crippen LogP contribution in [0.5, 0.6) is 11.5 Å². The zero-order chi connectivity index (χ0) is 20.5. The third kappa shape index (κ3) is 6.07. The summed E-state index contributed by atoms with van der Waals surface area (Å²) in [5.74, 6) is -0.182.